The van der Waals surface area contributed by atoms with Gasteiger partial charge in [0, 0.05) is 99.5 Å². The van der Waals surface area contributed by atoms with Gasteiger partial charge < -0.3 is 25.6 Å². The summed E-state index contributed by atoms with van der Waals surface area (Å²) in [6.45, 7) is 8.11. The molecule has 2 saturated heterocycles. The van der Waals surface area contributed by atoms with E-state index in [4.69, 9.17) is 21.3 Å². The van der Waals surface area contributed by atoms with Crippen LogP contribution >= 0.6 is 11.6 Å². The normalized spacial score (nSPS) is 17.7. The van der Waals surface area contributed by atoms with Crippen LogP contribution in [0.4, 0.5) is 5.69 Å². The molecule has 53 heavy (non-hydrogen) atoms. The number of nitrogens with zero attached hydrogens (tertiary/aromatic N) is 5. The quantitative estimate of drug-likeness (QED) is 0.201. The Morgan fingerprint density at radius 1 is 1.02 bits per heavy atom. The molecule has 2 fully saturated rings. The lowest BCUT2D eigenvalue weighted by atomic mass is 9.96. The third-order valence-corrected chi connectivity index (χ3v) is 11.1. The van der Waals surface area contributed by atoms with Crippen LogP contribution in [0.5, 0.6) is 5.88 Å². The molecule has 0 saturated carbocycles. The van der Waals surface area contributed by atoms with Crippen LogP contribution in [-0.4, -0.2) is 87.8 Å². The van der Waals surface area contributed by atoms with Crippen LogP contribution in [-0.2, 0) is 29.1 Å². The molecule has 3 N–H and O–H groups in total. The number of hydrogen-bond acceptors (Lipinski definition) is 9. The first-order chi connectivity index (χ1) is 25.7. The number of hydrogen-bond donors (Lipinski definition) is 3. The van der Waals surface area contributed by atoms with Crippen molar-refractivity contribution >= 4 is 35.0 Å². The van der Waals surface area contributed by atoms with E-state index in [9.17, 15) is 14.4 Å². The first-order valence-corrected chi connectivity index (χ1v) is 18.6. The van der Waals surface area contributed by atoms with E-state index in [1.165, 1.54) is 0 Å². The van der Waals surface area contributed by atoms with Crippen molar-refractivity contribution in [3.05, 3.63) is 87.8 Å². The number of fused-ring (bicyclic) bond motifs is 1. The molecule has 0 spiro atoms. The van der Waals surface area contributed by atoms with Crippen molar-refractivity contribution in [2.24, 2.45) is 0 Å². The largest absolute Gasteiger partial charge is 0.481 e. The standard InChI is InChI=1S/C40H45ClN8O4/c1-24-31(38-37(41)32(11-15-43-38)34-9-7-27(40(47-34)53-3)20-42-22-29-8-10-36(51)45-29)5-4-6-33(24)46-39(52)35-19-26-12-16-49(23-28(26)21-44-35)30-13-17-48(18-14-30)25(2)50/h4-7,9,11,15,19,21,29-30,42H,8,10,12-14,16-18,20,22-23H2,1-3H3,(H,45,51)(H,46,52)/t29-/m1/s1. The van der Waals surface area contributed by atoms with Crippen LogP contribution in [0.25, 0.3) is 22.5 Å². The van der Waals surface area contributed by atoms with Crippen molar-refractivity contribution in [2.75, 3.05) is 38.6 Å². The summed E-state index contributed by atoms with van der Waals surface area (Å²) in [4.78, 5) is 55.2. The summed E-state index contributed by atoms with van der Waals surface area (Å²) in [6.07, 6.45) is 7.74. The number of rotatable bonds is 10. The summed E-state index contributed by atoms with van der Waals surface area (Å²) in [7, 11) is 1.59. The van der Waals surface area contributed by atoms with Crippen LogP contribution in [0, 0.1) is 6.92 Å². The number of pyridine rings is 3. The number of ether oxygens (including phenoxy) is 1. The number of nitrogens with one attached hydrogen (secondary N) is 3. The first kappa shape index (κ1) is 36.4. The number of piperidine rings is 1. The number of carbonyl (C=O) groups is 3. The Morgan fingerprint density at radius 3 is 2.60 bits per heavy atom. The fraction of sp³-hybridized carbons (Fsp3) is 0.400. The molecule has 3 aliphatic rings. The van der Waals surface area contributed by atoms with Gasteiger partial charge in [0.05, 0.1) is 23.5 Å². The number of amides is 3. The smallest absolute Gasteiger partial charge is 0.274 e. The van der Waals surface area contributed by atoms with Gasteiger partial charge in [-0.15, -0.1) is 0 Å². The molecule has 13 heteroatoms. The molecule has 0 aliphatic carbocycles. The summed E-state index contributed by atoms with van der Waals surface area (Å²) in [5.74, 6) is 0.449. The Bertz CT molecular complexity index is 2030. The molecular weight excluding hydrogens is 692 g/mol. The summed E-state index contributed by atoms with van der Waals surface area (Å²) >= 11 is 7.05. The SMILES string of the molecule is COc1nc(-c2ccnc(-c3cccc(NC(=O)c4cc5c(cn4)CN(C4CCN(C(C)=O)CC4)CC5)c3C)c2Cl)ccc1CNC[C@H]1CCC(=O)N1. The zero-order chi connectivity index (χ0) is 37.1. The second-order valence-electron chi connectivity index (χ2n) is 14.0. The first-order valence-electron chi connectivity index (χ1n) is 18.3. The minimum atomic E-state index is -0.279. The molecule has 4 aromatic rings. The van der Waals surface area contributed by atoms with Gasteiger partial charge in [-0.1, -0.05) is 29.8 Å². The van der Waals surface area contributed by atoms with Crippen molar-refractivity contribution in [1.29, 1.82) is 0 Å². The second kappa shape index (κ2) is 16.0. The van der Waals surface area contributed by atoms with E-state index in [0.717, 1.165) is 79.7 Å². The highest BCUT2D eigenvalue weighted by Crippen LogP contribution is 2.38. The van der Waals surface area contributed by atoms with E-state index < -0.39 is 0 Å². The summed E-state index contributed by atoms with van der Waals surface area (Å²) in [6, 6.07) is 13.9. The third-order valence-electron chi connectivity index (χ3n) is 10.7. The minimum absolute atomic E-state index is 0.0940. The molecule has 7 rings (SSSR count). The van der Waals surface area contributed by atoms with Crippen molar-refractivity contribution in [3.8, 4) is 28.4 Å². The van der Waals surface area contributed by atoms with Crippen molar-refractivity contribution in [1.82, 2.24) is 35.4 Å². The highest BCUT2D eigenvalue weighted by atomic mass is 35.5. The highest BCUT2D eigenvalue weighted by Gasteiger charge is 2.29. The molecular formula is C40H45ClN8O4. The number of aromatic nitrogens is 3. The Morgan fingerprint density at radius 2 is 1.85 bits per heavy atom. The lowest BCUT2D eigenvalue weighted by Crippen LogP contribution is -2.47. The van der Waals surface area contributed by atoms with Gasteiger partial charge in [-0.05, 0) is 73.6 Å². The molecule has 1 atom stereocenters. The lowest BCUT2D eigenvalue weighted by molar-refractivity contribution is -0.130. The van der Waals surface area contributed by atoms with E-state index in [1.807, 2.05) is 60.5 Å². The van der Waals surface area contributed by atoms with Gasteiger partial charge >= 0.3 is 0 Å². The highest BCUT2D eigenvalue weighted by molar-refractivity contribution is 6.35. The number of methoxy groups -OCH3 is 1. The maximum absolute atomic E-state index is 13.5. The van der Waals surface area contributed by atoms with E-state index in [-0.39, 0.29) is 23.8 Å². The number of halogens is 1. The average molecular weight is 737 g/mol. The van der Waals surface area contributed by atoms with Crippen LogP contribution in [0.2, 0.25) is 5.02 Å². The van der Waals surface area contributed by atoms with Gasteiger partial charge in [0.25, 0.3) is 5.91 Å². The molecule has 6 heterocycles. The summed E-state index contributed by atoms with van der Waals surface area (Å²) in [5.41, 5.74) is 7.74. The van der Waals surface area contributed by atoms with E-state index >= 15 is 0 Å². The Kier molecular flexibility index (Phi) is 11.0. The molecule has 3 amide bonds. The maximum Gasteiger partial charge on any atom is 0.274 e. The zero-order valence-electron chi connectivity index (χ0n) is 30.4. The van der Waals surface area contributed by atoms with E-state index in [0.29, 0.717) is 64.8 Å². The fourth-order valence-corrected chi connectivity index (χ4v) is 7.94. The van der Waals surface area contributed by atoms with Gasteiger partial charge in [-0.25, -0.2) is 4.98 Å². The number of anilines is 1. The van der Waals surface area contributed by atoms with Crippen molar-refractivity contribution in [2.45, 2.75) is 71.1 Å². The molecule has 3 aliphatic heterocycles. The van der Waals surface area contributed by atoms with Crippen LogP contribution in [0.3, 0.4) is 0 Å². The third kappa shape index (κ3) is 8.04. The van der Waals surface area contributed by atoms with E-state index in [1.54, 1.807) is 20.2 Å². The monoisotopic (exact) mass is 736 g/mol. The molecule has 0 bridgehead atoms. The molecule has 0 unspecified atom stereocenters. The number of carbonyl (C=O) groups excluding carboxylic acids is 3. The Hall–Kier alpha value is -4.91. The predicted molar refractivity (Wildman–Crippen MR) is 204 cm³/mol. The average Bonchev–Trinajstić information content (AvgIpc) is 3.60. The molecule has 0 radical (unpaired) electrons. The van der Waals surface area contributed by atoms with Crippen LogP contribution in [0.15, 0.2) is 54.9 Å². The van der Waals surface area contributed by atoms with Gasteiger partial charge in [-0.3, -0.25) is 29.3 Å². The molecule has 276 valence electrons. The number of benzene rings is 1. The predicted octanol–water partition coefficient (Wildman–Crippen LogP) is 5.17. The Labute approximate surface area is 314 Å². The summed E-state index contributed by atoms with van der Waals surface area (Å²) in [5, 5.41) is 9.87. The molecule has 12 nitrogen and oxygen atoms in total. The second-order valence-corrected chi connectivity index (χ2v) is 14.4. The molecule has 3 aromatic heterocycles. The maximum atomic E-state index is 13.5. The minimum Gasteiger partial charge on any atom is -0.481 e. The zero-order valence-corrected chi connectivity index (χ0v) is 31.1. The van der Waals surface area contributed by atoms with Crippen LogP contribution in [0.1, 0.15) is 65.3 Å². The van der Waals surface area contributed by atoms with Gasteiger partial charge in [-0.2, -0.15) is 0 Å². The van der Waals surface area contributed by atoms with Crippen molar-refractivity contribution < 1.29 is 19.1 Å². The van der Waals surface area contributed by atoms with E-state index in [2.05, 4.69) is 30.8 Å². The van der Waals surface area contributed by atoms with Gasteiger partial charge in [0.2, 0.25) is 17.7 Å². The number of likely N-dealkylation sites (tertiary alicyclic amines) is 1. The Balaban J connectivity index is 1.03. The van der Waals surface area contributed by atoms with Crippen molar-refractivity contribution in [3.63, 3.8) is 0 Å². The fourth-order valence-electron chi connectivity index (χ4n) is 7.63. The van der Waals surface area contributed by atoms with Gasteiger partial charge in [0.15, 0.2) is 0 Å². The topological polar surface area (TPSA) is 142 Å². The van der Waals surface area contributed by atoms with Gasteiger partial charge in [0.1, 0.15) is 5.69 Å². The van der Waals surface area contributed by atoms with Crippen LogP contribution < -0.4 is 20.7 Å². The lowest BCUT2D eigenvalue weighted by Gasteiger charge is -2.40. The molecule has 1 aromatic carbocycles. The summed E-state index contributed by atoms with van der Waals surface area (Å²) < 4.78 is 5.64.